The van der Waals surface area contributed by atoms with Crippen LogP contribution in [0.15, 0.2) is 0 Å². The summed E-state index contributed by atoms with van der Waals surface area (Å²) in [5, 5.41) is 10.9. The minimum atomic E-state index is -3.02. The normalized spacial score (nSPS) is 28.3. The van der Waals surface area contributed by atoms with Crippen LogP contribution in [-0.2, 0) is 4.74 Å². The number of hydrogen-bond donors (Lipinski definition) is 2. The van der Waals surface area contributed by atoms with E-state index in [1.807, 2.05) is 6.92 Å². The van der Waals surface area contributed by atoms with Gasteiger partial charge in [0.2, 0.25) is 0 Å². The van der Waals surface area contributed by atoms with Crippen LogP contribution in [0, 0.1) is 0 Å². The molecule has 1 aliphatic heterocycles. The van der Waals surface area contributed by atoms with Crippen molar-refractivity contribution in [3.63, 3.8) is 0 Å². The summed E-state index contributed by atoms with van der Waals surface area (Å²) < 4.78 is 30.5. The van der Waals surface area contributed by atoms with Crippen LogP contribution in [0.1, 0.15) is 19.8 Å². The van der Waals surface area contributed by atoms with Gasteiger partial charge in [-0.1, -0.05) is 0 Å². The molecule has 1 fully saturated rings. The Morgan fingerprint density at radius 2 is 2.21 bits per heavy atom. The third-order valence-electron chi connectivity index (χ3n) is 2.31. The molecule has 0 radical (unpaired) electrons. The van der Waals surface area contributed by atoms with E-state index in [1.54, 1.807) is 0 Å². The van der Waals surface area contributed by atoms with Crippen molar-refractivity contribution in [1.82, 2.24) is 5.32 Å². The lowest BCUT2D eigenvalue weighted by atomic mass is 10.2. The van der Waals surface area contributed by atoms with Crippen molar-refractivity contribution < 1.29 is 18.6 Å². The van der Waals surface area contributed by atoms with Crippen LogP contribution in [0.25, 0.3) is 0 Å². The van der Waals surface area contributed by atoms with Gasteiger partial charge in [0.05, 0.1) is 18.8 Å². The van der Waals surface area contributed by atoms with Gasteiger partial charge in [0.25, 0.3) is 5.92 Å². The Hall–Kier alpha value is -0.260. The number of aliphatic hydroxyl groups excluding tert-OH is 1. The van der Waals surface area contributed by atoms with E-state index >= 15 is 0 Å². The topological polar surface area (TPSA) is 41.5 Å². The van der Waals surface area contributed by atoms with E-state index < -0.39 is 19.1 Å². The maximum absolute atomic E-state index is 12.6. The highest BCUT2D eigenvalue weighted by atomic mass is 19.3. The molecule has 0 bridgehead atoms. The zero-order valence-corrected chi connectivity index (χ0v) is 8.30. The summed E-state index contributed by atoms with van der Waals surface area (Å²) in [6.45, 7) is 0.807. The van der Waals surface area contributed by atoms with Gasteiger partial charge in [-0.15, -0.1) is 0 Å². The van der Waals surface area contributed by atoms with Crippen LogP contribution in [0.2, 0.25) is 0 Å². The van der Waals surface area contributed by atoms with E-state index in [2.05, 4.69) is 5.32 Å². The molecule has 3 nitrogen and oxygen atoms in total. The second-order valence-corrected chi connectivity index (χ2v) is 3.79. The molecule has 1 rings (SSSR count). The molecule has 14 heavy (non-hydrogen) atoms. The highest BCUT2D eigenvalue weighted by molar-refractivity contribution is 4.75. The zero-order chi connectivity index (χ0) is 10.6. The molecule has 0 aromatic carbocycles. The lowest BCUT2D eigenvalue weighted by Crippen LogP contribution is -2.39. The van der Waals surface area contributed by atoms with Crippen molar-refractivity contribution in [2.45, 2.75) is 37.9 Å². The average Bonchev–Trinajstić information content (AvgIpc) is 2.51. The average molecular weight is 209 g/mol. The van der Waals surface area contributed by atoms with Crippen molar-refractivity contribution in [1.29, 1.82) is 0 Å². The predicted octanol–water partition coefficient (Wildman–Crippen LogP) is 0.771. The highest BCUT2D eigenvalue weighted by Crippen LogP contribution is 2.18. The first-order valence-corrected chi connectivity index (χ1v) is 4.88. The van der Waals surface area contributed by atoms with E-state index in [9.17, 15) is 8.78 Å². The summed E-state index contributed by atoms with van der Waals surface area (Å²) in [5.41, 5.74) is 0. The van der Waals surface area contributed by atoms with Gasteiger partial charge in [-0.25, -0.2) is 8.78 Å². The van der Waals surface area contributed by atoms with Gasteiger partial charge in [-0.3, -0.25) is 0 Å². The number of hydrogen-bond acceptors (Lipinski definition) is 3. The van der Waals surface area contributed by atoms with Crippen LogP contribution in [0.5, 0.6) is 0 Å². The van der Waals surface area contributed by atoms with Crippen LogP contribution < -0.4 is 5.32 Å². The van der Waals surface area contributed by atoms with Gasteiger partial charge >= 0.3 is 0 Å². The van der Waals surface area contributed by atoms with Crippen LogP contribution in [-0.4, -0.2) is 42.9 Å². The Morgan fingerprint density at radius 3 is 2.71 bits per heavy atom. The Kier molecular flexibility index (Phi) is 4.22. The summed E-state index contributed by atoms with van der Waals surface area (Å²) >= 11 is 0. The molecule has 0 aromatic rings. The quantitative estimate of drug-likeness (QED) is 0.702. The number of ether oxygens (including phenoxy) is 1. The largest absolute Gasteiger partial charge is 0.390 e. The maximum Gasteiger partial charge on any atom is 0.282 e. The third kappa shape index (κ3) is 3.86. The van der Waals surface area contributed by atoms with Crippen LogP contribution in [0.3, 0.4) is 0 Å². The summed E-state index contributed by atoms with van der Waals surface area (Å²) in [7, 11) is 0. The Bertz CT molecular complexity index is 178. The van der Waals surface area contributed by atoms with Gasteiger partial charge in [0.15, 0.2) is 0 Å². The Labute approximate surface area is 82.4 Å². The van der Waals surface area contributed by atoms with Gasteiger partial charge in [-0.2, -0.15) is 0 Å². The van der Waals surface area contributed by atoms with E-state index in [0.29, 0.717) is 6.54 Å². The fraction of sp³-hybridized carbons (Fsp3) is 1.00. The lowest BCUT2D eigenvalue weighted by Gasteiger charge is -2.16. The molecule has 1 heterocycles. The first-order valence-electron chi connectivity index (χ1n) is 4.88. The third-order valence-corrected chi connectivity index (χ3v) is 2.31. The number of halogens is 2. The number of nitrogens with one attached hydrogen (secondary N) is 1. The molecule has 0 saturated carbocycles. The molecule has 0 spiro atoms. The molecular formula is C9H17F2NO2. The highest BCUT2D eigenvalue weighted by Gasteiger charge is 2.28. The maximum atomic E-state index is 12.6. The van der Waals surface area contributed by atoms with E-state index in [-0.39, 0.29) is 12.2 Å². The van der Waals surface area contributed by atoms with Gasteiger partial charge in [0.1, 0.15) is 6.61 Å². The van der Waals surface area contributed by atoms with E-state index in [1.165, 1.54) is 0 Å². The molecule has 0 aromatic heterocycles. The standard InChI is InChI=1S/C9H17F2NO2/c1-7-2-3-8(14-7)4-12-5-9(10,11)6-13/h7-8,12-13H,2-6H2,1H3. The molecule has 0 aliphatic carbocycles. The molecule has 2 atom stereocenters. The Morgan fingerprint density at radius 1 is 1.50 bits per heavy atom. The molecule has 1 saturated heterocycles. The predicted molar refractivity (Wildman–Crippen MR) is 48.5 cm³/mol. The van der Waals surface area contributed by atoms with E-state index in [4.69, 9.17) is 9.84 Å². The van der Waals surface area contributed by atoms with E-state index in [0.717, 1.165) is 12.8 Å². The molecule has 1 aliphatic rings. The molecule has 2 unspecified atom stereocenters. The minimum Gasteiger partial charge on any atom is -0.390 e. The first kappa shape index (κ1) is 11.8. The molecular weight excluding hydrogens is 192 g/mol. The molecule has 84 valence electrons. The smallest absolute Gasteiger partial charge is 0.282 e. The minimum absolute atomic E-state index is 0.0412. The molecule has 5 heteroatoms. The van der Waals surface area contributed by atoms with Gasteiger partial charge in [-0.05, 0) is 19.8 Å². The molecule has 2 N–H and O–H groups in total. The number of aliphatic hydroxyl groups is 1. The lowest BCUT2D eigenvalue weighted by molar-refractivity contribution is -0.0498. The zero-order valence-electron chi connectivity index (χ0n) is 8.30. The van der Waals surface area contributed by atoms with Gasteiger partial charge < -0.3 is 15.2 Å². The number of rotatable bonds is 5. The second kappa shape index (κ2) is 5.00. The van der Waals surface area contributed by atoms with Crippen molar-refractivity contribution in [2.75, 3.05) is 19.7 Å². The monoisotopic (exact) mass is 209 g/mol. The SMILES string of the molecule is CC1CCC(CNCC(F)(F)CO)O1. The van der Waals surface area contributed by atoms with Gasteiger partial charge in [0, 0.05) is 6.54 Å². The van der Waals surface area contributed by atoms with Crippen molar-refractivity contribution in [2.24, 2.45) is 0 Å². The molecule has 0 amide bonds. The second-order valence-electron chi connectivity index (χ2n) is 3.79. The number of alkyl halides is 2. The fourth-order valence-corrected chi connectivity index (χ4v) is 1.51. The summed E-state index contributed by atoms with van der Waals surface area (Å²) in [5.74, 6) is -3.02. The van der Waals surface area contributed by atoms with Crippen LogP contribution in [0.4, 0.5) is 8.78 Å². The fourth-order valence-electron chi connectivity index (χ4n) is 1.51. The van der Waals surface area contributed by atoms with Crippen molar-refractivity contribution in [3.05, 3.63) is 0 Å². The van der Waals surface area contributed by atoms with Crippen molar-refractivity contribution >= 4 is 0 Å². The Balaban J connectivity index is 2.10. The summed E-state index contributed by atoms with van der Waals surface area (Å²) in [4.78, 5) is 0. The van der Waals surface area contributed by atoms with Crippen molar-refractivity contribution in [3.8, 4) is 0 Å². The first-order chi connectivity index (χ1) is 6.53. The summed E-state index contributed by atoms with van der Waals surface area (Å²) in [6.07, 6.45) is 2.18. The van der Waals surface area contributed by atoms with Crippen LogP contribution >= 0.6 is 0 Å². The summed E-state index contributed by atoms with van der Waals surface area (Å²) in [6, 6.07) is 0.